The summed E-state index contributed by atoms with van der Waals surface area (Å²) in [6.07, 6.45) is 3.97. The second-order valence-electron chi connectivity index (χ2n) is 6.48. The van der Waals surface area contributed by atoms with Gasteiger partial charge in [-0.15, -0.1) is 5.10 Å². The first-order chi connectivity index (χ1) is 13.7. The molecule has 5 aromatic rings. The number of hydrogen-bond donors (Lipinski definition) is 1. The number of benzene rings is 1. The lowest BCUT2D eigenvalue weighted by atomic mass is 10.1. The highest BCUT2D eigenvalue weighted by molar-refractivity contribution is 5.77. The van der Waals surface area contributed by atoms with Crippen molar-refractivity contribution in [3.05, 3.63) is 76.6 Å². The third-order valence-electron chi connectivity index (χ3n) is 4.68. The van der Waals surface area contributed by atoms with Crippen LogP contribution in [-0.2, 0) is 13.0 Å². The Morgan fingerprint density at radius 1 is 1.07 bits per heavy atom. The van der Waals surface area contributed by atoms with Crippen LogP contribution in [0.15, 0.2) is 59.7 Å². The largest absolute Gasteiger partial charge is 0.332 e. The van der Waals surface area contributed by atoms with Crippen molar-refractivity contribution >= 4 is 16.9 Å². The SMILES string of the molecule is CCn1c2nc(-c3cccnc3)[nH]c2c(=O)n2nc(Cc3ccccc3)nc12. The van der Waals surface area contributed by atoms with Gasteiger partial charge in [-0.1, -0.05) is 30.3 Å². The number of aromatic nitrogens is 7. The Bertz CT molecular complexity index is 1330. The molecule has 0 saturated heterocycles. The first kappa shape index (κ1) is 16.4. The Kier molecular flexibility index (Phi) is 3.75. The van der Waals surface area contributed by atoms with Gasteiger partial charge >= 0.3 is 5.56 Å². The number of fused-ring (bicyclic) bond motifs is 2. The number of aromatic amines is 1. The molecule has 0 saturated carbocycles. The van der Waals surface area contributed by atoms with Crippen molar-refractivity contribution in [3.63, 3.8) is 0 Å². The van der Waals surface area contributed by atoms with Gasteiger partial charge in [-0.3, -0.25) is 14.3 Å². The van der Waals surface area contributed by atoms with Crippen LogP contribution in [-0.4, -0.2) is 34.1 Å². The van der Waals surface area contributed by atoms with Gasteiger partial charge in [0.25, 0.3) is 0 Å². The van der Waals surface area contributed by atoms with Gasteiger partial charge in [0.2, 0.25) is 5.78 Å². The molecule has 0 aliphatic heterocycles. The normalized spacial score (nSPS) is 11.5. The standard InChI is InChI=1S/C20H17N7O/c1-2-26-18-16(23-17(24-18)14-9-6-10-21-12-14)19(28)27-20(26)22-15(25-27)11-13-7-4-3-5-8-13/h3-10,12H,2,11H2,1H3,(H,23,24). The van der Waals surface area contributed by atoms with Crippen LogP contribution in [0.2, 0.25) is 0 Å². The maximum Gasteiger partial charge on any atom is 0.301 e. The Morgan fingerprint density at radius 2 is 1.93 bits per heavy atom. The molecule has 4 heterocycles. The molecular weight excluding hydrogens is 354 g/mol. The number of aryl methyl sites for hydroxylation is 1. The fourth-order valence-corrected chi connectivity index (χ4v) is 3.35. The summed E-state index contributed by atoms with van der Waals surface area (Å²) in [5, 5.41) is 4.46. The van der Waals surface area contributed by atoms with Crippen molar-refractivity contribution in [3.8, 4) is 11.4 Å². The molecule has 1 aromatic carbocycles. The second kappa shape index (κ2) is 6.41. The first-order valence-corrected chi connectivity index (χ1v) is 9.07. The van der Waals surface area contributed by atoms with Crippen molar-refractivity contribution in [1.82, 2.24) is 34.1 Å². The monoisotopic (exact) mass is 371 g/mol. The number of nitrogens with zero attached hydrogens (tertiary/aromatic N) is 6. The summed E-state index contributed by atoms with van der Waals surface area (Å²) in [5.74, 6) is 1.70. The lowest BCUT2D eigenvalue weighted by Gasteiger charge is -2.04. The van der Waals surface area contributed by atoms with Crippen LogP contribution in [0.4, 0.5) is 0 Å². The summed E-state index contributed by atoms with van der Waals surface area (Å²) in [6.45, 7) is 2.61. The summed E-state index contributed by atoms with van der Waals surface area (Å²) < 4.78 is 3.25. The molecule has 0 fully saturated rings. The maximum absolute atomic E-state index is 13.0. The average molecular weight is 371 g/mol. The van der Waals surface area contributed by atoms with E-state index >= 15 is 0 Å². The number of imidazole rings is 1. The highest BCUT2D eigenvalue weighted by Crippen LogP contribution is 2.19. The van der Waals surface area contributed by atoms with E-state index in [4.69, 9.17) is 0 Å². The van der Waals surface area contributed by atoms with Crippen LogP contribution in [0.1, 0.15) is 18.3 Å². The van der Waals surface area contributed by atoms with Gasteiger partial charge in [-0.2, -0.15) is 9.50 Å². The number of H-pyrrole nitrogens is 1. The van der Waals surface area contributed by atoms with Crippen LogP contribution in [0.25, 0.3) is 28.3 Å². The Balaban J connectivity index is 1.70. The lowest BCUT2D eigenvalue weighted by Crippen LogP contribution is -2.19. The van der Waals surface area contributed by atoms with Crippen LogP contribution >= 0.6 is 0 Å². The molecule has 0 amide bonds. The van der Waals surface area contributed by atoms with Crippen LogP contribution < -0.4 is 5.56 Å². The molecule has 8 heteroatoms. The quantitative estimate of drug-likeness (QED) is 0.524. The minimum Gasteiger partial charge on any atom is -0.332 e. The summed E-state index contributed by atoms with van der Waals surface area (Å²) in [6, 6.07) is 13.7. The first-order valence-electron chi connectivity index (χ1n) is 9.07. The minimum atomic E-state index is -0.260. The number of rotatable bonds is 4. The zero-order chi connectivity index (χ0) is 19.1. The minimum absolute atomic E-state index is 0.260. The fourth-order valence-electron chi connectivity index (χ4n) is 3.35. The molecule has 138 valence electrons. The predicted octanol–water partition coefficient (Wildman–Crippen LogP) is 2.44. The molecule has 4 aromatic heterocycles. The number of hydrogen-bond acceptors (Lipinski definition) is 5. The van der Waals surface area contributed by atoms with Gasteiger partial charge in [-0.25, -0.2) is 4.98 Å². The van der Waals surface area contributed by atoms with E-state index < -0.39 is 0 Å². The third-order valence-corrected chi connectivity index (χ3v) is 4.68. The highest BCUT2D eigenvalue weighted by Gasteiger charge is 2.18. The zero-order valence-electron chi connectivity index (χ0n) is 15.2. The smallest absolute Gasteiger partial charge is 0.301 e. The summed E-state index contributed by atoms with van der Waals surface area (Å²) >= 11 is 0. The molecule has 0 atom stereocenters. The lowest BCUT2D eigenvalue weighted by molar-refractivity contribution is 0.756. The molecule has 0 spiro atoms. The molecular formula is C20H17N7O. The fraction of sp³-hybridized carbons (Fsp3) is 0.150. The maximum atomic E-state index is 13.0. The van der Waals surface area contributed by atoms with Crippen LogP contribution in [0, 0.1) is 0 Å². The van der Waals surface area contributed by atoms with Gasteiger partial charge in [0.15, 0.2) is 17.0 Å². The van der Waals surface area contributed by atoms with E-state index in [1.807, 2.05) is 54.0 Å². The van der Waals surface area contributed by atoms with Gasteiger partial charge in [-0.05, 0) is 24.6 Å². The summed E-state index contributed by atoms with van der Waals surface area (Å²) in [5.41, 5.74) is 2.62. The van der Waals surface area contributed by atoms with Crippen molar-refractivity contribution < 1.29 is 0 Å². The van der Waals surface area contributed by atoms with E-state index in [-0.39, 0.29) is 5.56 Å². The van der Waals surface area contributed by atoms with Gasteiger partial charge in [0.05, 0.1) is 0 Å². The molecule has 0 bridgehead atoms. The third kappa shape index (κ3) is 2.58. The molecule has 5 rings (SSSR count). The van der Waals surface area contributed by atoms with E-state index in [0.717, 1.165) is 11.1 Å². The Labute approximate surface area is 159 Å². The van der Waals surface area contributed by atoms with Crippen molar-refractivity contribution in [2.75, 3.05) is 0 Å². The molecule has 0 aliphatic rings. The van der Waals surface area contributed by atoms with E-state index in [0.29, 0.717) is 41.6 Å². The van der Waals surface area contributed by atoms with Crippen molar-refractivity contribution in [2.24, 2.45) is 0 Å². The average Bonchev–Trinajstić information content (AvgIpc) is 3.35. The second-order valence-corrected chi connectivity index (χ2v) is 6.48. The van der Waals surface area contributed by atoms with Crippen molar-refractivity contribution in [2.45, 2.75) is 19.9 Å². The molecule has 28 heavy (non-hydrogen) atoms. The van der Waals surface area contributed by atoms with Gasteiger partial charge < -0.3 is 4.98 Å². The highest BCUT2D eigenvalue weighted by atomic mass is 16.1. The van der Waals surface area contributed by atoms with Crippen LogP contribution in [0.5, 0.6) is 0 Å². The number of nitrogens with one attached hydrogen (secondary N) is 1. The number of pyridine rings is 1. The van der Waals surface area contributed by atoms with Crippen LogP contribution in [0.3, 0.4) is 0 Å². The van der Waals surface area contributed by atoms with Gasteiger partial charge in [0, 0.05) is 30.9 Å². The molecule has 0 radical (unpaired) electrons. The Morgan fingerprint density at radius 3 is 2.68 bits per heavy atom. The predicted molar refractivity (Wildman–Crippen MR) is 105 cm³/mol. The molecule has 1 N–H and O–H groups in total. The van der Waals surface area contributed by atoms with Gasteiger partial charge in [0.1, 0.15) is 5.82 Å². The summed E-state index contributed by atoms with van der Waals surface area (Å²) in [7, 11) is 0. The van der Waals surface area contributed by atoms with E-state index in [9.17, 15) is 4.79 Å². The Hall–Kier alpha value is -3.81. The molecule has 0 aliphatic carbocycles. The summed E-state index contributed by atoms with van der Waals surface area (Å²) in [4.78, 5) is 29.5. The van der Waals surface area contributed by atoms with E-state index in [1.54, 1.807) is 12.4 Å². The topological polar surface area (TPSA) is 93.8 Å². The van der Waals surface area contributed by atoms with Crippen molar-refractivity contribution in [1.29, 1.82) is 0 Å². The van der Waals surface area contributed by atoms with E-state index in [2.05, 4.69) is 25.0 Å². The zero-order valence-corrected chi connectivity index (χ0v) is 15.2. The molecule has 0 unspecified atom stereocenters. The van der Waals surface area contributed by atoms with E-state index in [1.165, 1.54) is 4.52 Å². The molecule has 8 nitrogen and oxygen atoms in total.